The summed E-state index contributed by atoms with van der Waals surface area (Å²) in [6.07, 6.45) is 0. The van der Waals surface area contributed by atoms with Crippen LogP contribution >= 0.6 is 0 Å². The zero-order valence-electron chi connectivity index (χ0n) is 8.11. The Morgan fingerprint density at radius 1 is 1.14 bits per heavy atom. The maximum Gasteiger partial charge on any atom is 0.311 e. The van der Waals surface area contributed by atoms with Crippen molar-refractivity contribution in [2.45, 2.75) is 0 Å². The number of nitrogens with two attached hydrogens (primary N) is 2. The zero-order chi connectivity index (χ0) is 10.6. The quantitative estimate of drug-likeness (QED) is 0.485. The smallest absolute Gasteiger partial charge is 0.311 e. The highest BCUT2D eigenvalue weighted by atomic mass is 16.2. The van der Waals surface area contributed by atoms with E-state index in [0.717, 1.165) is 19.6 Å². The van der Waals surface area contributed by atoms with Gasteiger partial charge in [-0.25, -0.2) is 0 Å². The van der Waals surface area contributed by atoms with Crippen LogP contribution in [-0.2, 0) is 9.59 Å². The van der Waals surface area contributed by atoms with Crippen molar-refractivity contribution in [2.75, 3.05) is 39.3 Å². The molecule has 1 fully saturated rings. The average molecular weight is 200 g/mol. The highest BCUT2D eigenvalue weighted by Gasteiger charge is 2.23. The molecule has 1 saturated heterocycles. The molecule has 0 unspecified atom stereocenters. The summed E-state index contributed by atoms with van der Waals surface area (Å²) in [6.45, 7) is 4.08. The predicted octanol–water partition coefficient (Wildman–Crippen LogP) is -2.43. The minimum atomic E-state index is -0.878. The van der Waals surface area contributed by atoms with Crippen molar-refractivity contribution in [3.63, 3.8) is 0 Å². The number of amides is 2. The van der Waals surface area contributed by atoms with Gasteiger partial charge in [-0.1, -0.05) is 0 Å². The van der Waals surface area contributed by atoms with Crippen molar-refractivity contribution < 1.29 is 9.59 Å². The summed E-state index contributed by atoms with van der Waals surface area (Å²) in [5.41, 5.74) is 10.3. The fraction of sp³-hybridized carbons (Fsp3) is 0.750. The molecule has 6 nitrogen and oxygen atoms in total. The molecule has 1 heterocycles. The Morgan fingerprint density at radius 2 is 1.71 bits per heavy atom. The van der Waals surface area contributed by atoms with Crippen molar-refractivity contribution in [1.29, 1.82) is 0 Å². The molecule has 0 aliphatic carbocycles. The van der Waals surface area contributed by atoms with Crippen molar-refractivity contribution in [1.82, 2.24) is 9.80 Å². The van der Waals surface area contributed by atoms with Gasteiger partial charge in [-0.3, -0.25) is 14.5 Å². The predicted molar refractivity (Wildman–Crippen MR) is 51.3 cm³/mol. The van der Waals surface area contributed by atoms with E-state index < -0.39 is 11.8 Å². The van der Waals surface area contributed by atoms with Crippen LogP contribution in [0.4, 0.5) is 0 Å². The minimum Gasteiger partial charge on any atom is -0.361 e. The highest BCUT2D eigenvalue weighted by Crippen LogP contribution is 2.00. The number of hydrogen-bond donors (Lipinski definition) is 2. The summed E-state index contributed by atoms with van der Waals surface area (Å²) in [7, 11) is 0. The zero-order valence-corrected chi connectivity index (χ0v) is 8.11. The molecule has 1 aliphatic rings. The summed E-state index contributed by atoms with van der Waals surface area (Å²) >= 11 is 0. The molecule has 14 heavy (non-hydrogen) atoms. The first-order chi connectivity index (χ1) is 6.65. The fourth-order valence-electron chi connectivity index (χ4n) is 1.51. The number of hydrogen-bond acceptors (Lipinski definition) is 4. The lowest BCUT2D eigenvalue weighted by Gasteiger charge is -2.33. The maximum absolute atomic E-state index is 11.2. The van der Waals surface area contributed by atoms with E-state index in [2.05, 4.69) is 4.90 Å². The average Bonchev–Trinajstić information content (AvgIpc) is 2.18. The second-order valence-corrected chi connectivity index (χ2v) is 3.29. The number of carbonyl (C=O) groups is 2. The summed E-state index contributed by atoms with van der Waals surface area (Å²) < 4.78 is 0. The number of carbonyl (C=O) groups excluding carboxylic acids is 2. The first-order valence-corrected chi connectivity index (χ1v) is 4.66. The highest BCUT2D eigenvalue weighted by molar-refractivity contribution is 6.34. The van der Waals surface area contributed by atoms with Crippen molar-refractivity contribution in [2.24, 2.45) is 11.5 Å². The van der Waals surface area contributed by atoms with E-state index in [1.807, 2.05) is 0 Å². The molecule has 0 aromatic carbocycles. The van der Waals surface area contributed by atoms with Gasteiger partial charge in [0.25, 0.3) is 0 Å². The second kappa shape index (κ2) is 4.92. The Morgan fingerprint density at radius 3 is 2.14 bits per heavy atom. The first-order valence-electron chi connectivity index (χ1n) is 4.66. The minimum absolute atomic E-state index is 0.557. The van der Waals surface area contributed by atoms with Crippen LogP contribution in [0.2, 0.25) is 0 Å². The Kier molecular flexibility index (Phi) is 3.84. The van der Waals surface area contributed by atoms with Gasteiger partial charge in [0, 0.05) is 39.3 Å². The third-order valence-corrected chi connectivity index (χ3v) is 2.32. The molecular weight excluding hydrogens is 184 g/mol. The molecular formula is C8H16N4O2. The summed E-state index contributed by atoms with van der Waals surface area (Å²) in [6, 6.07) is 0. The third-order valence-electron chi connectivity index (χ3n) is 2.32. The SMILES string of the molecule is NCCN1CCN(C(=O)C(N)=O)CC1. The first kappa shape index (κ1) is 10.9. The molecule has 4 N–H and O–H groups in total. The monoisotopic (exact) mass is 200 g/mol. The second-order valence-electron chi connectivity index (χ2n) is 3.29. The van der Waals surface area contributed by atoms with E-state index in [0.29, 0.717) is 19.6 Å². The molecule has 1 aliphatic heterocycles. The molecule has 0 atom stereocenters. The summed E-state index contributed by atoms with van der Waals surface area (Å²) in [5, 5.41) is 0. The van der Waals surface area contributed by atoms with Gasteiger partial charge in [0.15, 0.2) is 0 Å². The Hall–Kier alpha value is -1.14. The molecule has 0 bridgehead atoms. The van der Waals surface area contributed by atoms with Gasteiger partial charge in [0.05, 0.1) is 0 Å². The number of rotatable bonds is 2. The Bertz CT molecular complexity index is 223. The van der Waals surface area contributed by atoms with Crippen molar-refractivity contribution in [3.8, 4) is 0 Å². The van der Waals surface area contributed by atoms with Crippen LogP contribution in [-0.4, -0.2) is 60.9 Å². The number of nitrogens with zero attached hydrogens (tertiary/aromatic N) is 2. The van der Waals surface area contributed by atoms with E-state index in [-0.39, 0.29) is 0 Å². The molecule has 0 radical (unpaired) electrons. The number of primary amides is 1. The van der Waals surface area contributed by atoms with Crippen LogP contribution in [0.25, 0.3) is 0 Å². The van der Waals surface area contributed by atoms with Crippen LogP contribution in [0.1, 0.15) is 0 Å². The molecule has 0 aromatic heterocycles. The van der Waals surface area contributed by atoms with Crippen LogP contribution in [0, 0.1) is 0 Å². The van der Waals surface area contributed by atoms with Crippen LogP contribution in [0.5, 0.6) is 0 Å². The van der Waals surface area contributed by atoms with E-state index in [4.69, 9.17) is 11.5 Å². The van der Waals surface area contributed by atoms with E-state index >= 15 is 0 Å². The molecule has 0 spiro atoms. The van der Waals surface area contributed by atoms with Gasteiger partial charge in [-0.05, 0) is 0 Å². The molecule has 1 rings (SSSR count). The fourth-order valence-corrected chi connectivity index (χ4v) is 1.51. The largest absolute Gasteiger partial charge is 0.361 e. The molecule has 80 valence electrons. The standard InChI is InChI=1S/C8H16N4O2/c9-1-2-11-3-5-12(6-4-11)8(14)7(10)13/h1-6,9H2,(H2,10,13). The van der Waals surface area contributed by atoms with Gasteiger partial charge in [0.2, 0.25) is 0 Å². The molecule has 0 saturated carbocycles. The van der Waals surface area contributed by atoms with Crippen LogP contribution in [0.15, 0.2) is 0 Å². The normalized spacial score (nSPS) is 18.2. The topological polar surface area (TPSA) is 92.7 Å². The number of piperazine rings is 1. The van der Waals surface area contributed by atoms with E-state index in [9.17, 15) is 9.59 Å². The van der Waals surface area contributed by atoms with Gasteiger partial charge in [0.1, 0.15) is 0 Å². The maximum atomic E-state index is 11.2. The molecule has 2 amide bonds. The lowest BCUT2D eigenvalue weighted by Crippen LogP contribution is -2.52. The van der Waals surface area contributed by atoms with E-state index in [1.165, 1.54) is 4.90 Å². The van der Waals surface area contributed by atoms with Gasteiger partial charge >= 0.3 is 11.8 Å². The van der Waals surface area contributed by atoms with Gasteiger partial charge < -0.3 is 16.4 Å². The van der Waals surface area contributed by atoms with Gasteiger partial charge in [-0.2, -0.15) is 0 Å². The lowest BCUT2D eigenvalue weighted by atomic mass is 10.3. The van der Waals surface area contributed by atoms with E-state index in [1.54, 1.807) is 0 Å². The van der Waals surface area contributed by atoms with Crippen molar-refractivity contribution in [3.05, 3.63) is 0 Å². The molecule has 6 heteroatoms. The summed E-state index contributed by atoms with van der Waals surface area (Å²) in [5.74, 6) is -1.46. The van der Waals surface area contributed by atoms with Crippen molar-refractivity contribution >= 4 is 11.8 Å². The third kappa shape index (κ3) is 2.68. The summed E-state index contributed by atoms with van der Waals surface area (Å²) in [4.78, 5) is 25.4. The van der Waals surface area contributed by atoms with Crippen LogP contribution in [0.3, 0.4) is 0 Å². The lowest BCUT2D eigenvalue weighted by molar-refractivity contribution is -0.145. The Labute approximate surface area is 82.8 Å². The van der Waals surface area contributed by atoms with Crippen LogP contribution < -0.4 is 11.5 Å². The Balaban J connectivity index is 2.35. The molecule has 0 aromatic rings. The van der Waals surface area contributed by atoms with Gasteiger partial charge in [-0.15, -0.1) is 0 Å².